The summed E-state index contributed by atoms with van der Waals surface area (Å²) in [5.74, 6) is 0. The smallest absolute Gasteiger partial charge is 0.0403 e. The third-order valence-corrected chi connectivity index (χ3v) is 3.26. The van der Waals surface area contributed by atoms with Crippen molar-refractivity contribution in [3.05, 3.63) is 17.5 Å². The topological polar surface area (TPSA) is 0 Å². The number of hydrogen-bond acceptors (Lipinski definition) is 1. The second-order valence-corrected chi connectivity index (χ2v) is 3.68. The van der Waals surface area contributed by atoms with E-state index >= 15 is 0 Å². The van der Waals surface area contributed by atoms with Gasteiger partial charge in [0, 0.05) is 12.6 Å². The molecule has 1 heterocycles. The Balaban J connectivity index is 2.76. The van der Waals surface area contributed by atoms with Gasteiger partial charge in [0.05, 0.1) is 0 Å². The van der Waals surface area contributed by atoms with Gasteiger partial charge in [0.25, 0.3) is 0 Å². The number of thiophene rings is 1. The van der Waals surface area contributed by atoms with Crippen LogP contribution in [0.5, 0.6) is 0 Å². The molecule has 0 aliphatic carbocycles. The minimum Gasteiger partial charge on any atom is -0.143 e. The summed E-state index contributed by atoms with van der Waals surface area (Å²) in [7, 11) is 0.445. The van der Waals surface area contributed by atoms with Gasteiger partial charge >= 0.3 is 0 Å². The summed E-state index contributed by atoms with van der Waals surface area (Å²) in [5, 5.41) is 2.03. The minimum atomic E-state index is 0.445. The van der Waals surface area contributed by atoms with Gasteiger partial charge in [-0.3, -0.25) is 0 Å². The lowest BCUT2D eigenvalue weighted by Crippen LogP contribution is -1.73. The fourth-order valence-corrected chi connectivity index (χ4v) is 1.92. The van der Waals surface area contributed by atoms with E-state index in [1.165, 1.54) is 4.62 Å². The van der Waals surface area contributed by atoms with Gasteiger partial charge < -0.3 is 0 Å². The summed E-state index contributed by atoms with van der Waals surface area (Å²) in [6, 6.07) is 4.05. The van der Waals surface area contributed by atoms with Crippen LogP contribution >= 0.6 is 30.5 Å². The number of rotatable bonds is 1. The Labute approximate surface area is 53.1 Å². The molecule has 38 valence electrons. The normalized spacial score (nSPS) is 11.0. The first-order chi connectivity index (χ1) is 3.43. The largest absolute Gasteiger partial charge is 0.143 e. The monoisotopic (exact) mass is 150 g/mol. The van der Waals surface area contributed by atoms with E-state index in [2.05, 4.69) is 0 Å². The van der Waals surface area contributed by atoms with Crippen molar-refractivity contribution in [3.63, 3.8) is 0 Å². The Morgan fingerprint density at radius 2 is 2.57 bits per heavy atom. The van der Waals surface area contributed by atoms with E-state index in [1.807, 2.05) is 17.5 Å². The predicted octanol–water partition coefficient (Wildman–Crippen LogP) is 2.21. The first-order valence-corrected chi connectivity index (χ1v) is 4.73. The van der Waals surface area contributed by atoms with E-state index in [0.29, 0.717) is 7.93 Å². The molecular formula is C4H4ClPS. The molecular weight excluding hydrogens is 147 g/mol. The molecule has 0 aliphatic rings. The molecule has 3 heteroatoms. The van der Waals surface area contributed by atoms with Crippen molar-refractivity contribution in [2.24, 2.45) is 0 Å². The van der Waals surface area contributed by atoms with E-state index in [1.54, 1.807) is 11.3 Å². The second kappa shape index (κ2) is 2.66. The Kier molecular flexibility index (Phi) is 2.11. The van der Waals surface area contributed by atoms with Crippen molar-refractivity contribution in [3.8, 4) is 0 Å². The zero-order valence-electron chi connectivity index (χ0n) is 3.52. The molecule has 0 radical (unpaired) electrons. The third kappa shape index (κ3) is 1.41. The SMILES string of the molecule is ClPc1cccs1. The third-order valence-electron chi connectivity index (χ3n) is 0.614. The zero-order chi connectivity index (χ0) is 5.11. The standard InChI is InChI=1S/C4H4ClPS/c5-6-4-2-1-3-7-4/h1-3,6H. The van der Waals surface area contributed by atoms with Crippen LogP contribution in [0.2, 0.25) is 0 Å². The molecule has 0 fully saturated rings. The highest BCUT2D eigenvalue weighted by Crippen LogP contribution is 2.17. The summed E-state index contributed by atoms with van der Waals surface area (Å²) >= 11 is 7.21. The molecule has 1 aromatic rings. The van der Waals surface area contributed by atoms with E-state index in [4.69, 9.17) is 11.2 Å². The van der Waals surface area contributed by atoms with Crippen molar-refractivity contribution >= 4 is 35.1 Å². The lowest BCUT2D eigenvalue weighted by atomic mass is 10.7. The molecule has 0 saturated carbocycles. The van der Waals surface area contributed by atoms with Gasteiger partial charge in [-0.2, -0.15) is 0 Å². The predicted molar refractivity (Wildman–Crippen MR) is 38.1 cm³/mol. The van der Waals surface area contributed by atoms with E-state index in [0.717, 1.165) is 0 Å². The molecule has 1 atom stereocenters. The van der Waals surface area contributed by atoms with Crippen molar-refractivity contribution in [1.82, 2.24) is 0 Å². The van der Waals surface area contributed by atoms with Crippen LogP contribution in [0.1, 0.15) is 0 Å². The summed E-state index contributed by atoms with van der Waals surface area (Å²) < 4.78 is 1.27. The maximum atomic E-state index is 5.51. The number of halogens is 1. The molecule has 0 aromatic carbocycles. The molecule has 0 N–H and O–H groups in total. The van der Waals surface area contributed by atoms with Crippen LogP contribution in [0.4, 0.5) is 0 Å². The highest BCUT2D eigenvalue weighted by Gasteiger charge is 1.84. The van der Waals surface area contributed by atoms with Crippen molar-refractivity contribution in [1.29, 1.82) is 0 Å². The average molecular weight is 151 g/mol. The Bertz CT molecular complexity index is 126. The van der Waals surface area contributed by atoms with Crippen molar-refractivity contribution in [2.45, 2.75) is 0 Å². The quantitative estimate of drug-likeness (QED) is 0.539. The molecule has 1 aromatic heterocycles. The van der Waals surface area contributed by atoms with Crippen LogP contribution in [-0.4, -0.2) is 0 Å². The van der Waals surface area contributed by atoms with Gasteiger partial charge in [0.15, 0.2) is 0 Å². The molecule has 1 unspecified atom stereocenters. The molecule has 0 bridgehead atoms. The molecule has 0 saturated heterocycles. The first kappa shape index (κ1) is 5.55. The van der Waals surface area contributed by atoms with Gasteiger partial charge in [0.2, 0.25) is 0 Å². The summed E-state index contributed by atoms with van der Waals surface area (Å²) in [6.45, 7) is 0. The van der Waals surface area contributed by atoms with Crippen molar-refractivity contribution < 1.29 is 0 Å². The van der Waals surface area contributed by atoms with Crippen LogP contribution in [0.15, 0.2) is 17.5 Å². The zero-order valence-corrected chi connectivity index (χ0v) is 6.09. The molecule has 0 amide bonds. The lowest BCUT2D eigenvalue weighted by molar-refractivity contribution is 2.07. The van der Waals surface area contributed by atoms with E-state index < -0.39 is 0 Å². The molecule has 7 heavy (non-hydrogen) atoms. The minimum absolute atomic E-state index is 0.445. The van der Waals surface area contributed by atoms with E-state index in [9.17, 15) is 0 Å². The van der Waals surface area contributed by atoms with E-state index in [-0.39, 0.29) is 0 Å². The van der Waals surface area contributed by atoms with Gasteiger partial charge in [-0.1, -0.05) is 17.3 Å². The summed E-state index contributed by atoms with van der Waals surface area (Å²) in [6.07, 6.45) is 0. The van der Waals surface area contributed by atoms with Gasteiger partial charge in [-0.05, 0) is 11.4 Å². The summed E-state index contributed by atoms with van der Waals surface area (Å²) in [4.78, 5) is 0. The van der Waals surface area contributed by atoms with Gasteiger partial charge in [0.1, 0.15) is 0 Å². The highest BCUT2D eigenvalue weighted by molar-refractivity contribution is 7.79. The fraction of sp³-hybridized carbons (Fsp3) is 0. The van der Waals surface area contributed by atoms with Gasteiger partial charge in [-0.25, -0.2) is 0 Å². The lowest BCUT2D eigenvalue weighted by Gasteiger charge is -1.76. The van der Waals surface area contributed by atoms with Crippen LogP contribution in [0.25, 0.3) is 0 Å². The first-order valence-electron chi connectivity index (χ1n) is 1.83. The van der Waals surface area contributed by atoms with Gasteiger partial charge in [-0.15, -0.1) is 11.3 Å². The maximum absolute atomic E-state index is 5.51. The number of hydrogen-bond donors (Lipinski definition) is 0. The maximum Gasteiger partial charge on any atom is 0.0403 e. The molecule has 1 rings (SSSR count). The van der Waals surface area contributed by atoms with Crippen molar-refractivity contribution in [2.75, 3.05) is 0 Å². The average Bonchev–Trinajstić information content (AvgIpc) is 2.14. The molecule has 0 spiro atoms. The summed E-state index contributed by atoms with van der Waals surface area (Å²) in [5.41, 5.74) is 0. The highest BCUT2D eigenvalue weighted by atomic mass is 35.7. The van der Waals surface area contributed by atoms with Crippen LogP contribution in [0.3, 0.4) is 0 Å². The Hall–Kier alpha value is 0.420. The molecule has 0 aliphatic heterocycles. The second-order valence-electron chi connectivity index (χ2n) is 1.07. The molecule has 0 nitrogen and oxygen atoms in total. The fourth-order valence-electron chi connectivity index (χ4n) is 0.332. The Morgan fingerprint density at radius 3 is 2.86 bits per heavy atom. The van der Waals surface area contributed by atoms with Crippen LogP contribution < -0.4 is 4.62 Å². The van der Waals surface area contributed by atoms with Crippen LogP contribution in [-0.2, 0) is 0 Å². The Morgan fingerprint density at radius 1 is 1.71 bits per heavy atom. The van der Waals surface area contributed by atoms with Crippen LogP contribution in [0, 0.1) is 0 Å².